The molecule has 0 aliphatic heterocycles. The van der Waals surface area contributed by atoms with Crippen molar-refractivity contribution < 1.29 is 27.6 Å². The van der Waals surface area contributed by atoms with Crippen molar-refractivity contribution in [3.8, 4) is 11.6 Å². The van der Waals surface area contributed by atoms with Crippen LogP contribution < -0.4 is 9.74 Å². The lowest BCUT2D eigenvalue weighted by Crippen LogP contribution is -2.14. The molecular weight excluding hydrogens is 460 g/mol. The molecule has 0 bridgehead atoms. The maximum atomic E-state index is 12.5. The van der Waals surface area contributed by atoms with Crippen molar-refractivity contribution >= 4 is 33.6 Å². The van der Waals surface area contributed by atoms with Gasteiger partial charge in [0.1, 0.15) is 16.5 Å². The summed E-state index contributed by atoms with van der Waals surface area (Å²) in [6, 6.07) is 8.98. The van der Waals surface area contributed by atoms with Gasteiger partial charge in [0.05, 0.1) is 9.85 Å². The molecule has 0 fully saturated rings. The maximum absolute atomic E-state index is 12.5. The van der Waals surface area contributed by atoms with Crippen LogP contribution >= 0.6 is 0 Å². The van der Waals surface area contributed by atoms with E-state index in [1.807, 2.05) is 0 Å². The number of aromatic nitrogens is 2. The lowest BCUT2D eigenvalue weighted by molar-refractivity contribution is -0.387. The monoisotopic (exact) mass is 474 g/mol. The third-order valence-electron chi connectivity index (χ3n) is 4.26. The number of nitro groups is 2. The second kappa shape index (κ2) is 8.88. The molecule has 0 saturated carbocycles. The van der Waals surface area contributed by atoms with E-state index in [-0.39, 0.29) is 22.2 Å². The largest absolute Gasteiger partial charge is 0.488 e. The van der Waals surface area contributed by atoms with Crippen LogP contribution in [-0.2, 0) is 10.1 Å². The molecule has 1 aromatic heterocycles. The minimum absolute atomic E-state index is 0.0603. The van der Waals surface area contributed by atoms with Gasteiger partial charge < -0.3 is 14.3 Å². The second-order valence-electron chi connectivity index (χ2n) is 6.53. The van der Waals surface area contributed by atoms with Gasteiger partial charge in [-0.2, -0.15) is 13.4 Å². The van der Waals surface area contributed by atoms with Crippen LogP contribution in [-0.4, -0.2) is 33.3 Å². The number of rotatable bonds is 7. The molecular formula is C19H14N4O9S. The van der Waals surface area contributed by atoms with E-state index in [1.54, 1.807) is 0 Å². The molecule has 2 aromatic carbocycles. The Balaban J connectivity index is 1.78. The molecule has 1 heterocycles. The summed E-state index contributed by atoms with van der Waals surface area (Å²) in [4.78, 5) is 36.9. The number of nitrogens with one attached hydrogen (secondary N) is 1. The van der Waals surface area contributed by atoms with E-state index in [2.05, 4.69) is 9.97 Å². The van der Waals surface area contributed by atoms with E-state index in [4.69, 9.17) is 4.18 Å². The highest BCUT2D eigenvalue weighted by Crippen LogP contribution is 2.25. The molecule has 0 amide bonds. The van der Waals surface area contributed by atoms with Crippen molar-refractivity contribution in [2.75, 3.05) is 0 Å². The first-order chi connectivity index (χ1) is 15.5. The van der Waals surface area contributed by atoms with E-state index in [1.165, 1.54) is 55.5 Å². The van der Waals surface area contributed by atoms with Gasteiger partial charge in [-0.25, -0.2) is 0 Å². The number of aromatic amines is 1. The van der Waals surface area contributed by atoms with Gasteiger partial charge in [0, 0.05) is 11.6 Å². The van der Waals surface area contributed by atoms with E-state index in [9.17, 15) is 38.5 Å². The van der Waals surface area contributed by atoms with Crippen molar-refractivity contribution in [3.05, 3.63) is 90.0 Å². The Labute approximate surface area is 185 Å². The average molecular weight is 474 g/mol. The number of aryl methyl sites for hydroxylation is 1. The molecule has 0 radical (unpaired) electrons. The van der Waals surface area contributed by atoms with Crippen molar-refractivity contribution in [2.24, 2.45) is 0 Å². The Hall–Kier alpha value is -4.59. The summed E-state index contributed by atoms with van der Waals surface area (Å²) < 4.78 is 29.9. The zero-order valence-corrected chi connectivity index (χ0v) is 17.5. The van der Waals surface area contributed by atoms with Crippen molar-refractivity contribution in [1.82, 2.24) is 9.97 Å². The summed E-state index contributed by atoms with van der Waals surface area (Å²) in [5.74, 6) is -1.24. The van der Waals surface area contributed by atoms with Gasteiger partial charge in [0.15, 0.2) is 0 Å². The molecule has 2 N–H and O–H groups in total. The molecule has 0 saturated heterocycles. The zero-order chi connectivity index (χ0) is 24.3. The predicted molar refractivity (Wildman–Crippen MR) is 114 cm³/mol. The van der Waals surface area contributed by atoms with Crippen LogP contribution in [0.3, 0.4) is 0 Å². The van der Waals surface area contributed by atoms with Crippen LogP contribution in [0.15, 0.2) is 52.2 Å². The number of nitro benzene ring substituents is 1. The van der Waals surface area contributed by atoms with Crippen molar-refractivity contribution in [2.45, 2.75) is 11.8 Å². The fraction of sp³-hybridized carbons (Fsp3) is 0.0526. The number of aromatic hydroxyl groups is 1. The number of hydrogen-bond acceptors (Lipinski definition) is 10. The van der Waals surface area contributed by atoms with Crippen LogP contribution in [0.2, 0.25) is 0 Å². The fourth-order valence-corrected chi connectivity index (χ4v) is 3.59. The highest BCUT2D eigenvalue weighted by atomic mass is 32.2. The second-order valence-corrected chi connectivity index (χ2v) is 8.07. The van der Waals surface area contributed by atoms with Crippen LogP contribution in [0, 0.1) is 27.2 Å². The van der Waals surface area contributed by atoms with E-state index in [0.717, 1.165) is 6.07 Å². The van der Waals surface area contributed by atoms with Gasteiger partial charge >= 0.3 is 21.4 Å². The van der Waals surface area contributed by atoms with Gasteiger partial charge in [-0.05, 0) is 36.8 Å². The van der Waals surface area contributed by atoms with Crippen LogP contribution in [0.25, 0.3) is 12.2 Å². The maximum Gasteiger partial charge on any atom is 0.395 e. The molecule has 33 heavy (non-hydrogen) atoms. The Morgan fingerprint density at radius 2 is 1.73 bits per heavy atom. The summed E-state index contributed by atoms with van der Waals surface area (Å²) in [7, 11) is -4.33. The van der Waals surface area contributed by atoms with Crippen molar-refractivity contribution in [3.63, 3.8) is 0 Å². The lowest BCUT2D eigenvalue weighted by atomic mass is 10.2. The minimum Gasteiger partial charge on any atom is -0.488 e. The average Bonchev–Trinajstić information content (AvgIpc) is 2.72. The molecule has 0 spiro atoms. The van der Waals surface area contributed by atoms with Gasteiger partial charge in [-0.1, -0.05) is 24.3 Å². The zero-order valence-electron chi connectivity index (χ0n) is 16.7. The quantitative estimate of drug-likeness (QED) is 0.291. The van der Waals surface area contributed by atoms with E-state index >= 15 is 0 Å². The molecule has 170 valence electrons. The predicted octanol–water partition coefficient (Wildman–Crippen LogP) is 2.54. The summed E-state index contributed by atoms with van der Waals surface area (Å²) >= 11 is 0. The minimum atomic E-state index is -4.33. The summed E-state index contributed by atoms with van der Waals surface area (Å²) in [5, 5.41) is 31.3. The van der Waals surface area contributed by atoms with Gasteiger partial charge in [0.25, 0.3) is 11.6 Å². The molecule has 13 nitrogen and oxygen atoms in total. The van der Waals surface area contributed by atoms with E-state index < -0.39 is 37.1 Å². The molecule has 3 aromatic rings. The lowest BCUT2D eigenvalue weighted by Gasteiger charge is -2.08. The Morgan fingerprint density at radius 1 is 1.06 bits per heavy atom. The number of benzene rings is 2. The van der Waals surface area contributed by atoms with Gasteiger partial charge in [-0.3, -0.25) is 25.0 Å². The first-order valence-electron chi connectivity index (χ1n) is 8.93. The van der Waals surface area contributed by atoms with E-state index in [0.29, 0.717) is 11.1 Å². The number of hydrogen-bond donors (Lipinski definition) is 2. The Kier molecular flexibility index (Phi) is 6.21. The normalized spacial score (nSPS) is 11.4. The molecule has 0 aliphatic rings. The molecule has 0 aliphatic carbocycles. The number of nitrogens with zero attached hydrogens (tertiary/aromatic N) is 3. The molecule has 0 atom stereocenters. The highest BCUT2D eigenvalue weighted by molar-refractivity contribution is 7.87. The first kappa shape index (κ1) is 23.1. The summed E-state index contributed by atoms with van der Waals surface area (Å²) in [6.07, 6.45) is 2.70. The van der Waals surface area contributed by atoms with Gasteiger partial charge in [-0.15, -0.1) is 0 Å². The standard InChI is InChI=1S/C19H14N4O9S/c1-11-2-8-14(10-15(11)22(26)27)33(30,31)32-13-6-3-12(4-7-13)5-9-16-20-18(24)17(23(28)29)19(25)21-16/h2-10H,1H3,(H2,20,21,24,25)/b9-5+. The Bertz CT molecular complexity index is 1450. The third-order valence-corrected chi connectivity index (χ3v) is 5.51. The topological polar surface area (TPSA) is 196 Å². The van der Waals surface area contributed by atoms with Gasteiger partial charge in [0.2, 0.25) is 0 Å². The van der Waals surface area contributed by atoms with Crippen molar-refractivity contribution in [1.29, 1.82) is 0 Å². The molecule has 14 heteroatoms. The summed E-state index contributed by atoms with van der Waals surface area (Å²) in [6.45, 7) is 1.48. The fourth-order valence-electron chi connectivity index (χ4n) is 2.64. The highest BCUT2D eigenvalue weighted by Gasteiger charge is 2.22. The smallest absolute Gasteiger partial charge is 0.395 e. The van der Waals surface area contributed by atoms with Crippen LogP contribution in [0.5, 0.6) is 11.6 Å². The third kappa shape index (κ3) is 5.19. The number of H-pyrrole nitrogens is 1. The van der Waals surface area contributed by atoms with Crippen LogP contribution in [0.4, 0.5) is 11.4 Å². The summed E-state index contributed by atoms with van der Waals surface area (Å²) in [5.41, 5.74) is -1.76. The molecule has 3 rings (SSSR count). The Morgan fingerprint density at radius 3 is 2.30 bits per heavy atom. The van der Waals surface area contributed by atoms with Crippen LogP contribution in [0.1, 0.15) is 17.0 Å². The SMILES string of the molecule is Cc1ccc(S(=O)(=O)Oc2ccc(/C=C/c3nc(O)c([N+](=O)[O-])c(=O)[nH]3)cc2)cc1[N+](=O)[O-]. The first-order valence-corrected chi connectivity index (χ1v) is 10.3. The molecule has 0 unspecified atom stereocenters.